The molecule has 2 aliphatic heterocycles. The zero-order valence-corrected chi connectivity index (χ0v) is 20.5. The number of carbonyl (C=O) groups is 1. The molecule has 12 heteroatoms. The molecule has 8 nitrogen and oxygen atoms in total. The molecule has 2 fully saturated rings. The van der Waals surface area contributed by atoms with E-state index >= 15 is 0 Å². The standard InChI is InChI=1S/C18H27N7OS.3ClH/c1-13-17(21-22-25(13)16-3-5-19-6-4-16)18(26)24-9-7-23(8-10-24)11-15-12-27-14(2)20-15;;;/h12,16,19H,3-11H2,1-2H3;3*1H. The predicted molar refractivity (Wildman–Crippen MR) is 126 cm³/mol. The van der Waals surface area contributed by atoms with Gasteiger partial charge in [0.05, 0.1) is 22.4 Å². The van der Waals surface area contributed by atoms with Crippen molar-refractivity contribution in [2.75, 3.05) is 39.3 Å². The fraction of sp³-hybridized carbons (Fsp3) is 0.667. The molecule has 0 aromatic carbocycles. The number of carbonyl (C=O) groups excluding carboxylic acids is 1. The molecule has 0 saturated carbocycles. The third kappa shape index (κ3) is 6.05. The van der Waals surface area contributed by atoms with Crippen LogP contribution in [-0.4, -0.2) is 75.0 Å². The summed E-state index contributed by atoms with van der Waals surface area (Å²) in [6, 6.07) is 0.346. The van der Waals surface area contributed by atoms with Crippen LogP contribution >= 0.6 is 48.6 Å². The molecule has 2 aromatic heterocycles. The maximum absolute atomic E-state index is 13.0. The van der Waals surface area contributed by atoms with Gasteiger partial charge in [0.2, 0.25) is 0 Å². The second-order valence-corrected chi connectivity index (χ2v) is 8.44. The Morgan fingerprint density at radius 3 is 2.40 bits per heavy atom. The van der Waals surface area contributed by atoms with E-state index in [2.05, 4.69) is 30.9 Å². The highest BCUT2D eigenvalue weighted by atomic mass is 35.5. The van der Waals surface area contributed by atoms with Crippen molar-refractivity contribution < 1.29 is 4.79 Å². The summed E-state index contributed by atoms with van der Waals surface area (Å²) in [4.78, 5) is 21.8. The third-order valence-corrected chi connectivity index (χ3v) is 6.32. The summed E-state index contributed by atoms with van der Waals surface area (Å²) in [7, 11) is 0. The molecular formula is C18H30Cl3N7OS. The molecule has 2 aliphatic rings. The van der Waals surface area contributed by atoms with E-state index in [4.69, 9.17) is 0 Å². The average Bonchev–Trinajstić information content (AvgIpc) is 3.28. The number of halogens is 3. The van der Waals surface area contributed by atoms with Crippen LogP contribution in [0.3, 0.4) is 0 Å². The number of amides is 1. The smallest absolute Gasteiger partial charge is 0.276 e. The Morgan fingerprint density at radius 1 is 1.13 bits per heavy atom. The fourth-order valence-electron chi connectivity index (χ4n) is 3.91. The number of thiazole rings is 1. The van der Waals surface area contributed by atoms with Crippen molar-refractivity contribution in [3.63, 3.8) is 0 Å². The van der Waals surface area contributed by atoms with Crippen molar-refractivity contribution in [1.29, 1.82) is 0 Å². The Labute approximate surface area is 200 Å². The van der Waals surface area contributed by atoms with E-state index < -0.39 is 0 Å². The molecule has 1 N–H and O–H groups in total. The summed E-state index contributed by atoms with van der Waals surface area (Å²) in [6.45, 7) is 10.0. The van der Waals surface area contributed by atoms with Crippen LogP contribution in [-0.2, 0) is 6.54 Å². The number of piperidine rings is 1. The number of aromatic nitrogens is 4. The second-order valence-electron chi connectivity index (χ2n) is 7.38. The van der Waals surface area contributed by atoms with E-state index in [9.17, 15) is 4.79 Å². The highest BCUT2D eigenvalue weighted by Crippen LogP contribution is 2.21. The van der Waals surface area contributed by atoms with Crippen LogP contribution in [0.2, 0.25) is 0 Å². The summed E-state index contributed by atoms with van der Waals surface area (Å²) < 4.78 is 1.95. The summed E-state index contributed by atoms with van der Waals surface area (Å²) in [5.74, 6) is 0.0110. The minimum absolute atomic E-state index is 0. The number of hydrogen-bond acceptors (Lipinski definition) is 7. The van der Waals surface area contributed by atoms with Gasteiger partial charge in [-0.25, -0.2) is 9.67 Å². The lowest BCUT2D eigenvalue weighted by molar-refractivity contribution is 0.0620. The summed E-state index contributed by atoms with van der Waals surface area (Å²) in [5, 5.41) is 15.1. The highest BCUT2D eigenvalue weighted by molar-refractivity contribution is 7.09. The predicted octanol–water partition coefficient (Wildman–Crippen LogP) is 2.50. The van der Waals surface area contributed by atoms with Crippen LogP contribution in [0.15, 0.2) is 5.38 Å². The van der Waals surface area contributed by atoms with Gasteiger partial charge in [-0.2, -0.15) is 0 Å². The van der Waals surface area contributed by atoms with Gasteiger partial charge in [-0.1, -0.05) is 5.21 Å². The monoisotopic (exact) mass is 497 g/mol. The molecule has 0 spiro atoms. The number of piperazine rings is 1. The van der Waals surface area contributed by atoms with Gasteiger partial charge < -0.3 is 10.2 Å². The molecule has 0 unspecified atom stereocenters. The van der Waals surface area contributed by atoms with Crippen LogP contribution in [0.5, 0.6) is 0 Å². The summed E-state index contributed by atoms with van der Waals surface area (Å²) in [6.07, 6.45) is 2.07. The van der Waals surface area contributed by atoms with Crippen molar-refractivity contribution in [3.05, 3.63) is 27.5 Å². The normalized spacial score (nSPS) is 17.6. The van der Waals surface area contributed by atoms with Gasteiger partial charge >= 0.3 is 0 Å². The van der Waals surface area contributed by atoms with Crippen molar-refractivity contribution >= 4 is 54.5 Å². The number of aryl methyl sites for hydroxylation is 1. The van der Waals surface area contributed by atoms with E-state index in [1.807, 2.05) is 23.4 Å². The van der Waals surface area contributed by atoms with E-state index in [1.54, 1.807) is 11.3 Å². The van der Waals surface area contributed by atoms with Crippen molar-refractivity contribution in [2.45, 2.75) is 39.3 Å². The van der Waals surface area contributed by atoms with Crippen molar-refractivity contribution in [2.24, 2.45) is 0 Å². The maximum atomic E-state index is 13.0. The molecule has 4 rings (SSSR count). The molecule has 0 aliphatic carbocycles. The zero-order valence-electron chi connectivity index (χ0n) is 17.2. The maximum Gasteiger partial charge on any atom is 0.276 e. The minimum atomic E-state index is 0. The van der Waals surface area contributed by atoms with E-state index in [0.717, 1.165) is 75.1 Å². The molecule has 1 amide bonds. The number of nitrogens with one attached hydrogen (secondary N) is 1. The molecule has 2 saturated heterocycles. The Kier molecular flexibility index (Phi) is 11.0. The van der Waals surface area contributed by atoms with Gasteiger partial charge in [0, 0.05) is 38.1 Å². The zero-order chi connectivity index (χ0) is 18.8. The molecule has 0 radical (unpaired) electrons. The van der Waals surface area contributed by atoms with Crippen LogP contribution < -0.4 is 5.32 Å². The van der Waals surface area contributed by atoms with Gasteiger partial charge in [0.1, 0.15) is 0 Å². The van der Waals surface area contributed by atoms with Crippen LogP contribution in [0.4, 0.5) is 0 Å². The third-order valence-electron chi connectivity index (χ3n) is 5.50. The fourth-order valence-corrected chi connectivity index (χ4v) is 4.51. The molecule has 0 atom stereocenters. The van der Waals surface area contributed by atoms with E-state index in [0.29, 0.717) is 11.7 Å². The first-order valence-corrected chi connectivity index (χ1v) is 10.5. The van der Waals surface area contributed by atoms with E-state index in [-0.39, 0.29) is 43.1 Å². The molecule has 170 valence electrons. The lowest BCUT2D eigenvalue weighted by atomic mass is 10.1. The molecular weight excluding hydrogens is 469 g/mol. The number of nitrogens with zero attached hydrogens (tertiary/aromatic N) is 6. The highest BCUT2D eigenvalue weighted by Gasteiger charge is 2.28. The average molecular weight is 499 g/mol. The summed E-state index contributed by atoms with van der Waals surface area (Å²) in [5.41, 5.74) is 2.53. The van der Waals surface area contributed by atoms with Gasteiger partial charge in [0.15, 0.2) is 5.69 Å². The minimum Gasteiger partial charge on any atom is -0.335 e. The Balaban J connectivity index is 0.00000150. The number of hydrogen-bond donors (Lipinski definition) is 1. The van der Waals surface area contributed by atoms with Gasteiger partial charge in [-0.3, -0.25) is 9.69 Å². The largest absolute Gasteiger partial charge is 0.335 e. The topological polar surface area (TPSA) is 79.2 Å². The van der Waals surface area contributed by atoms with Crippen molar-refractivity contribution in [1.82, 2.24) is 35.1 Å². The number of rotatable bonds is 4. The Morgan fingerprint density at radius 2 is 1.80 bits per heavy atom. The molecule has 30 heavy (non-hydrogen) atoms. The van der Waals surface area contributed by atoms with Gasteiger partial charge in [-0.05, 0) is 39.8 Å². The van der Waals surface area contributed by atoms with E-state index in [1.165, 1.54) is 0 Å². The Hall–Kier alpha value is -0.970. The lowest BCUT2D eigenvalue weighted by Gasteiger charge is -2.34. The van der Waals surface area contributed by atoms with Gasteiger partial charge in [0.25, 0.3) is 5.91 Å². The molecule has 2 aromatic rings. The quantitative estimate of drug-likeness (QED) is 0.698. The van der Waals surface area contributed by atoms with Crippen molar-refractivity contribution in [3.8, 4) is 0 Å². The molecule has 4 heterocycles. The summed E-state index contributed by atoms with van der Waals surface area (Å²) >= 11 is 1.69. The Bertz CT molecular complexity index is 802. The molecule has 0 bridgehead atoms. The van der Waals surface area contributed by atoms with Crippen LogP contribution in [0.25, 0.3) is 0 Å². The van der Waals surface area contributed by atoms with Crippen LogP contribution in [0.1, 0.15) is 45.8 Å². The first-order valence-electron chi connectivity index (χ1n) is 9.67. The first kappa shape index (κ1) is 27.1. The lowest BCUT2D eigenvalue weighted by Crippen LogP contribution is -2.48. The van der Waals surface area contributed by atoms with Crippen LogP contribution in [0, 0.1) is 13.8 Å². The first-order chi connectivity index (χ1) is 13.1. The van der Waals surface area contributed by atoms with Gasteiger partial charge in [-0.15, -0.1) is 53.7 Å². The SMILES string of the molecule is Cc1nc(CN2CCN(C(=O)c3nnn(C4CCNCC4)c3C)CC2)cs1.Cl.Cl.Cl. The second kappa shape index (κ2) is 12.2.